The molecule has 0 saturated carbocycles. The van der Waals surface area contributed by atoms with Crippen molar-refractivity contribution in [1.29, 1.82) is 0 Å². The first-order valence-electron chi connectivity index (χ1n) is 8.09. The third-order valence-corrected chi connectivity index (χ3v) is 6.43. The fraction of sp³-hybridized carbons (Fsp3) is 0.312. The number of benzene rings is 1. The number of hydrogen-bond donors (Lipinski definition) is 0. The highest BCUT2D eigenvalue weighted by molar-refractivity contribution is 7.92. The minimum absolute atomic E-state index is 0.0242. The van der Waals surface area contributed by atoms with E-state index in [1.807, 2.05) is 0 Å². The lowest BCUT2D eigenvalue weighted by Gasteiger charge is -2.22. The van der Waals surface area contributed by atoms with Gasteiger partial charge in [0.2, 0.25) is 10.0 Å². The van der Waals surface area contributed by atoms with Gasteiger partial charge in [-0.25, -0.2) is 26.6 Å². The molecule has 2 aromatic heterocycles. The molecule has 1 aromatic carbocycles. The van der Waals surface area contributed by atoms with Crippen LogP contribution in [0.3, 0.4) is 0 Å². The Kier molecular flexibility index (Phi) is 5.70. The summed E-state index contributed by atoms with van der Waals surface area (Å²) in [6.07, 6.45) is -0.0328. The maximum Gasteiger partial charge on any atom is 0.259 e. The lowest BCUT2D eigenvalue weighted by Crippen LogP contribution is -2.32. The van der Waals surface area contributed by atoms with Gasteiger partial charge in [-0.1, -0.05) is 0 Å². The Morgan fingerprint density at radius 3 is 2.61 bits per heavy atom. The second-order valence-corrected chi connectivity index (χ2v) is 8.98. The SMILES string of the molecule is CCS(=O)(=O)N(Cc1ncc(-c2nnc(C(C)F)o2)s1)c1ccc(F)c(F)c1. The van der Waals surface area contributed by atoms with E-state index in [2.05, 4.69) is 15.2 Å². The molecular weight excluding hydrogens is 417 g/mol. The molecule has 0 fully saturated rings. The number of hydrogen-bond acceptors (Lipinski definition) is 7. The largest absolute Gasteiger partial charge is 0.417 e. The van der Waals surface area contributed by atoms with Crippen molar-refractivity contribution < 1.29 is 26.0 Å². The summed E-state index contributed by atoms with van der Waals surface area (Å²) >= 11 is 1.06. The summed E-state index contributed by atoms with van der Waals surface area (Å²) in [5.41, 5.74) is -0.0242. The standard InChI is InChI=1S/C16H15F3N4O3S2/c1-3-28(24,25)23(10-4-5-11(18)12(19)6-10)8-14-20-7-13(27-14)16-22-21-15(26-16)9(2)17/h4-7,9H,3,8H2,1-2H3. The van der Waals surface area contributed by atoms with Crippen molar-refractivity contribution in [1.82, 2.24) is 15.2 Å². The molecule has 150 valence electrons. The maximum absolute atomic E-state index is 13.6. The highest BCUT2D eigenvalue weighted by Crippen LogP contribution is 2.30. The van der Waals surface area contributed by atoms with E-state index in [0.717, 1.165) is 27.8 Å². The van der Waals surface area contributed by atoms with E-state index in [4.69, 9.17) is 4.42 Å². The van der Waals surface area contributed by atoms with Crippen LogP contribution in [-0.4, -0.2) is 29.4 Å². The van der Waals surface area contributed by atoms with Crippen LogP contribution in [0.15, 0.2) is 28.8 Å². The van der Waals surface area contributed by atoms with Crippen molar-refractivity contribution in [3.8, 4) is 10.8 Å². The predicted molar refractivity (Wildman–Crippen MR) is 96.9 cm³/mol. The Hall–Kier alpha value is -2.47. The van der Waals surface area contributed by atoms with E-state index in [1.54, 1.807) is 0 Å². The Labute approximate surface area is 162 Å². The van der Waals surface area contributed by atoms with Gasteiger partial charge in [0, 0.05) is 6.07 Å². The molecule has 0 N–H and O–H groups in total. The monoisotopic (exact) mass is 432 g/mol. The van der Waals surface area contributed by atoms with Crippen molar-refractivity contribution in [2.45, 2.75) is 26.6 Å². The van der Waals surface area contributed by atoms with Gasteiger partial charge >= 0.3 is 0 Å². The van der Waals surface area contributed by atoms with Crippen LogP contribution in [0.25, 0.3) is 10.8 Å². The summed E-state index contributed by atoms with van der Waals surface area (Å²) in [6.45, 7) is 2.49. The predicted octanol–water partition coefficient (Wildman–Crippen LogP) is 3.86. The fourth-order valence-corrected chi connectivity index (χ4v) is 4.22. The molecule has 0 aliphatic heterocycles. The molecule has 0 spiro atoms. The maximum atomic E-state index is 13.6. The molecule has 0 radical (unpaired) electrons. The zero-order valence-electron chi connectivity index (χ0n) is 14.8. The molecule has 0 saturated heterocycles. The van der Waals surface area contributed by atoms with Gasteiger partial charge in [-0.05, 0) is 26.0 Å². The van der Waals surface area contributed by atoms with Crippen LogP contribution < -0.4 is 4.31 Å². The minimum atomic E-state index is -3.79. The van der Waals surface area contributed by atoms with Gasteiger partial charge in [-0.2, -0.15) is 0 Å². The molecule has 0 aliphatic rings. The molecule has 2 heterocycles. The van der Waals surface area contributed by atoms with E-state index in [-0.39, 0.29) is 29.8 Å². The molecule has 28 heavy (non-hydrogen) atoms. The average Bonchev–Trinajstić information content (AvgIpc) is 3.31. The number of sulfonamides is 1. The molecule has 12 heteroatoms. The Bertz CT molecular complexity index is 1080. The second-order valence-electron chi connectivity index (χ2n) is 5.69. The van der Waals surface area contributed by atoms with Crippen molar-refractivity contribution in [3.63, 3.8) is 0 Å². The second kappa shape index (κ2) is 7.87. The van der Waals surface area contributed by atoms with Crippen LogP contribution in [0.1, 0.15) is 30.9 Å². The zero-order chi connectivity index (χ0) is 20.5. The molecule has 7 nitrogen and oxygen atoms in total. The average molecular weight is 432 g/mol. The van der Waals surface area contributed by atoms with E-state index in [9.17, 15) is 21.6 Å². The van der Waals surface area contributed by atoms with Gasteiger partial charge < -0.3 is 4.42 Å². The number of nitrogens with zero attached hydrogens (tertiary/aromatic N) is 4. The molecule has 0 amide bonds. The van der Waals surface area contributed by atoms with Crippen LogP contribution in [0.5, 0.6) is 0 Å². The van der Waals surface area contributed by atoms with Gasteiger partial charge in [-0.3, -0.25) is 4.31 Å². The van der Waals surface area contributed by atoms with Gasteiger partial charge in [0.25, 0.3) is 11.8 Å². The minimum Gasteiger partial charge on any atom is -0.417 e. The molecule has 1 atom stereocenters. The van der Waals surface area contributed by atoms with E-state index in [1.165, 1.54) is 26.1 Å². The van der Waals surface area contributed by atoms with Crippen LogP contribution >= 0.6 is 11.3 Å². The van der Waals surface area contributed by atoms with Gasteiger partial charge in [0.1, 0.15) is 9.88 Å². The number of thiazole rings is 1. The summed E-state index contributed by atoms with van der Waals surface area (Å²) in [7, 11) is -3.79. The van der Waals surface area contributed by atoms with Crippen LogP contribution in [-0.2, 0) is 16.6 Å². The van der Waals surface area contributed by atoms with Crippen molar-refractivity contribution >= 4 is 27.0 Å². The Morgan fingerprint density at radius 2 is 2.00 bits per heavy atom. The number of halogens is 3. The lowest BCUT2D eigenvalue weighted by molar-refractivity contribution is 0.301. The molecule has 0 aliphatic carbocycles. The number of rotatable bonds is 7. The first kappa shape index (κ1) is 20.3. The topological polar surface area (TPSA) is 89.2 Å². The van der Waals surface area contributed by atoms with Crippen LogP contribution in [0, 0.1) is 11.6 Å². The number of aromatic nitrogens is 3. The Morgan fingerprint density at radius 1 is 1.25 bits per heavy atom. The quantitative estimate of drug-likeness (QED) is 0.563. The molecule has 1 unspecified atom stereocenters. The van der Waals surface area contributed by atoms with Crippen molar-refractivity contribution in [2.75, 3.05) is 10.1 Å². The summed E-state index contributed by atoms with van der Waals surface area (Å²) in [5.74, 6) is -2.61. The smallest absolute Gasteiger partial charge is 0.259 e. The highest BCUT2D eigenvalue weighted by Gasteiger charge is 2.24. The van der Waals surface area contributed by atoms with E-state index in [0.29, 0.717) is 9.88 Å². The summed E-state index contributed by atoms with van der Waals surface area (Å²) < 4.78 is 71.1. The van der Waals surface area contributed by atoms with Crippen LogP contribution in [0.4, 0.5) is 18.9 Å². The molecule has 0 bridgehead atoms. The normalized spacial score (nSPS) is 12.9. The molecular formula is C16H15F3N4O3S2. The summed E-state index contributed by atoms with van der Waals surface area (Å²) in [4.78, 5) is 4.55. The molecule has 3 rings (SSSR count). The molecule has 3 aromatic rings. The van der Waals surface area contributed by atoms with Crippen molar-refractivity contribution in [3.05, 3.63) is 46.9 Å². The van der Waals surface area contributed by atoms with E-state index < -0.39 is 27.8 Å². The van der Waals surface area contributed by atoms with Gasteiger partial charge in [-0.15, -0.1) is 21.5 Å². The van der Waals surface area contributed by atoms with Gasteiger partial charge in [0.05, 0.1) is 24.2 Å². The van der Waals surface area contributed by atoms with Gasteiger partial charge in [0.15, 0.2) is 17.8 Å². The third-order valence-electron chi connectivity index (χ3n) is 3.72. The summed E-state index contributed by atoms with van der Waals surface area (Å²) in [5, 5.41) is 7.67. The summed E-state index contributed by atoms with van der Waals surface area (Å²) in [6, 6.07) is 2.84. The Balaban J connectivity index is 1.91. The fourth-order valence-electron chi connectivity index (χ4n) is 2.25. The highest BCUT2D eigenvalue weighted by atomic mass is 32.2. The lowest BCUT2D eigenvalue weighted by atomic mass is 10.3. The van der Waals surface area contributed by atoms with Crippen molar-refractivity contribution in [2.24, 2.45) is 0 Å². The number of anilines is 1. The van der Waals surface area contributed by atoms with E-state index >= 15 is 0 Å². The number of alkyl halides is 1. The first-order valence-corrected chi connectivity index (χ1v) is 10.5. The zero-order valence-corrected chi connectivity index (χ0v) is 16.4. The first-order chi connectivity index (χ1) is 13.2. The van der Waals surface area contributed by atoms with Crippen LogP contribution in [0.2, 0.25) is 0 Å². The third kappa shape index (κ3) is 4.17.